The largest absolute Gasteiger partial charge is 0.355 e. The zero-order valence-electron chi connectivity index (χ0n) is 14.9. The second-order valence-corrected chi connectivity index (χ2v) is 6.51. The second kappa shape index (κ2) is 9.07. The maximum absolute atomic E-state index is 12.9. The molecular formula is C19H22FN5O2. The molecule has 2 heterocycles. The fraction of sp³-hybridized carbons (Fsp3) is 0.368. The van der Waals surface area contributed by atoms with Crippen LogP contribution in [0.2, 0.25) is 0 Å². The highest BCUT2D eigenvalue weighted by molar-refractivity contribution is 6.35. The van der Waals surface area contributed by atoms with E-state index in [1.54, 1.807) is 30.7 Å². The Morgan fingerprint density at radius 2 is 1.78 bits per heavy atom. The summed E-state index contributed by atoms with van der Waals surface area (Å²) in [5, 5.41) is 5.23. The first kappa shape index (κ1) is 18.8. The van der Waals surface area contributed by atoms with Gasteiger partial charge in [-0.25, -0.2) is 9.37 Å². The molecule has 1 aliphatic heterocycles. The van der Waals surface area contributed by atoms with Crippen LogP contribution in [0.25, 0.3) is 0 Å². The molecule has 0 saturated carbocycles. The van der Waals surface area contributed by atoms with E-state index in [9.17, 15) is 14.0 Å². The topological polar surface area (TPSA) is 87.2 Å². The quantitative estimate of drug-likeness (QED) is 0.773. The molecule has 0 bridgehead atoms. The average Bonchev–Trinajstić information content (AvgIpc) is 2.72. The van der Waals surface area contributed by atoms with Crippen molar-refractivity contribution in [2.24, 2.45) is 5.92 Å². The fourth-order valence-electron chi connectivity index (χ4n) is 3.00. The van der Waals surface area contributed by atoms with E-state index in [-0.39, 0.29) is 12.4 Å². The number of aromatic nitrogens is 2. The summed E-state index contributed by atoms with van der Waals surface area (Å²) < 4.78 is 12.9. The Morgan fingerprint density at radius 3 is 2.44 bits per heavy atom. The van der Waals surface area contributed by atoms with Crippen molar-refractivity contribution >= 4 is 17.6 Å². The zero-order valence-corrected chi connectivity index (χ0v) is 14.9. The van der Waals surface area contributed by atoms with Crippen LogP contribution in [0.1, 0.15) is 18.4 Å². The number of halogens is 1. The predicted octanol–water partition coefficient (Wildman–Crippen LogP) is 1.26. The molecule has 1 aliphatic rings. The molecule has 2 N–H and O–H groups in total. The molecule has 3 rings (SSSR count). The van der Waals surface area contributed by atoms with Crippen LogP contribution < -0.4 is 15.5 Å². The second-order valence-electron chi connectivity index (χ2n) is 6.51. The van der Waals surface area contributed by atoms with Crippen molar-refractivity contribution in [1.82, 2.24) is 20.6 Å². The molecule has 0 aliphatic carbocycles. The summed E-state index contributed by atoms with van der Waals surface area (Å²) in [7, 11) is 0. The minimum Gasteiger partial charge on any atom is -0.355 e. The lowest BCUT2D eigenvalue weighted by Crippen LogP contribution is -2.43. The molecular weight excluding hydrogens is 349 g/mol. The average molecular weight is 371 g/mol. The van der Waals surface area contributed by atoms with Crippen molar-refractivity contribution < 1.29 is 14.0 Å². The summed E-state index contributed by atoms with van der Waals surface area (Å²) in [6, 6.07) is 5.76. The maximum Gasteiger partial charge on any atom is 0.309 e. The van der Waals surface area contributed by atoms with E-state index < -0.39 is 11.8 Å². The van der Waals surface area contributed by atoms with E-state index >= 15 is 0 Å². The molecule has 1 aromatic heterocycles. The van der Waals surface area contributed by atoms with E-state index in [1.165, 1.54) is 12.1 Å². The lowest BCUT2D eigenvalue weighted by molar-refractivity contribution is -0.139. The van der Waals surface area contributed by atoms with Crippen LogP contribution >= 0.6 is 0 Å². The fourth-order valence-corrected chi connectivity index (χ4v) is 3.00. The number of nitrogens with zero attached hydrogens (tertiary/aromatic N) is 3. The molecule has 0 radical (unpaired) electrons. The first-order chi connectivity index (χ1) is 13.1. The molecule has 0 spiro atoms. The van der Waals surface area contributed by atoms with E-state index in [4.69, 9.17) is 0 Å². The number of hydrogen-bond acceptors (Lipinski definition) is 5. The predicted molar refractivity (Wildman–Crippen MR) is 98.2 cm³/mol. The summed E-state index contributed by atoms with van der Waals surface area (Å²) in [5.41, 5.74) is 0.730. The minimum atomic E-state index is -0.684. The van der Waals surface area contributed by atoms with E-state index in [0.29, 0.717) is 12.5 Å². The molecule has 8 heteroatoms. The van der Waals surface area contributed by atoms with Crippen LogP contribution in [0, 0.1) is 11.7 Å². The Labute approximate surface area is 157 Å². The van der Waals surface area contributed by atoms with Crippen LogP contribution in [0.15, 0.2) is 42.9 Å². The van der Waals surface area contributed by atoms with Gasteiger partial charge in [0, 0.05) is 38.6 Å². The Balaban J connectivity index is 1.36. The van der Waals surface area contributed by atoms with Crippen molar-refractivity contribution in [3.05, 3.63) is 54.2 Å². The van der Waals surface area contributed by atoms with Gasteiger partial charge >= 0.3 is 11.8 Å². The number of nitrogens with one attached hydrogen (secondary N) is 2. The van der Waals surface area contributed by atoms with Crippen molar-refractivity contribution in [1.29, 1.82) is 0 Å². The summed E-state index contributed by atoms with van der Waals surface area (Å²) in [6.45, 7) is 2.34. The van der Waals surface area contributed by atoms with E-state index in [2.05, 4.69) is 25.5 Å². The molecule has 0 atom stereocenters. The summed E-state index contributed by atoms with van der Waals surface area (Å²) in [5.74, 6) is -0.482. The van der Waals surface area contributed by atoms with Gasteiger partial charge in [-0.2, -0.15) is 0 Å². The van der Waals surface area contributed by atoms with Gasteiger partial charge in [0.25, 0.3) is 0 Å². The van der Waals surface area contributed by atoms with Gasteiger partial charge in [0.05, 0.1) is 6.20 Å². The SMILES string of the molecule is O=C(NCc1ccc(F)cc1)C(=O)NCC1CCN(c2cnccn2)CC1. The standard InChI is InChI=1S/C19H22FN5O2/c20-16-3-1-14(2-4-16)11-23-18(26)19(27)24-12-15-5-9-25(10-6-15)17-13-21-7-8-22-17/h1-4,7-8,13,15H,5-6,9-12H2,(H,23,26)(H,24,27). The molecule has 1 aromatic carbocycles. The van der Waals surface area contributed by atoms with Crippen molar-refractivity contribution in [3.63, 3.8) is 0 Å². The van der Waals surface area contributed by atoms with Crippen LogP contribution in [-0.2, 0) is 16.1 Å². The highest BCUT2D eigenvalue weighted by atomic mass is 19.1. The maximum atomic E-state index is 12.9. The summed E-state index contributed by atoms with van der Waals surface area (Å²) >= 11 is 0. The van der Waals surface area contributed by atoms with Gasteiger partial charge in [-0.3, -0.25) is 14.6 Å². The summed E-state index contributed by atoms with van der Waals surface area (Å²) in [6.07, 6.45) is 6.88. The van der Waals surface area contributed by atoms with Gasteiger partial charge in [-0.1, -0.05) is 12.1 Å². The number of anilines is 1. The normalized spacial score (nSPS) is 14.6. The van der Waals surface area contributed by atoms with Gasteiger partial charge in [-0.05, 0) is 36.5 Å². The number of hydrogen-bond donors (Lipinski definition) is 2. The van der Waals surface area contributed by atoms with Gasteiger partial charge in [0.2, 0.25) is 0 Å². The number of piperidine rings is 1. The van der Waals surface area contributed by atoms with E-state index in [1.807, 2.05) is 0 Å². The van der Waals surface area contributed by atoms with Gasteiger partial charge in [0.1, 0.15) is 11.6 Å². The van der Waals surface area contributed by atoms with Gasteiger partial charge in [0.15, 0.2) is 0 Å². The molecule has 0 unspecified atom stereocenters. The Kier molecular flexibility index (Phi) is 6.30. The summed E-state index contributed by atoms with van der Waals surface area (Å²) in [4.78, 5) is 34.3. The Bertz CT molecular complexity index is 761. The third kappa shape index (κ3) is 5.47. The zero-order chi connectivity index (χ0) is 19.1. The van der Waals surface area contributed by atoms with E-state index in [0.717, 1.165) is 37.3 Å². The van der Waals surface area contributed by atoms with Crippen molar-refractivity contribution in [3.8, 4) is 0 Å². The van der Waals surface area contributed by atoms with Crippen LogP contribution in [0.4, 0.5) is 10.2 Å². The number of rotatable bonds is 5. The first-order valence-corrected chi connectivity index (χ1v) is 8.93. The third-order valence-electron chi connectivity index (χ3n) is 4.61. The molecule has 7 nitrogen and oxygen atoms in total. The highest BCUT2D eigenvalue weighted by Gasteiger charge is 2.22. The smallest absolute Gasteiger partial charge is 0.309 e. The molecule has 2 amide bonds. The monoisotopic (exact) mass is 371 g/mol. The number of benzene rings is 1. The first-order valence-electron chi connectivity index (χ1n) is 8.93. The number of carbonyl (C=O) groups excluding carboxylic acids is 2. The van der Waals surface area contributed by atoms with Gasteiger partial charge < -0.3 is 15.5 Å². The molecule has 2 aromatic rings. The van der Waals surface area contributed by atoms with Crippen LogP contribution in [0.5, 0.6) is 0 Å². The van der Waals surface area contributed by atoms with Crippen molar-refractivity contribution in [2.45, 2.75) is 19.4 Å². The Morgan fingerprint density at radius 1 is 1.07 bits per heavy atom. The number of amides is 2. The van der Waals surface area contributed by atoms with Crippen LogP contribution in [0.3, 0.4) is 0 Å². The molecule has 27 heavy (non-hydrogen) atoms. The molecule has 1 fully saturated rings. The molecule has 142 valence electrons. The number of carbonyl (C=O) groups is 2. The highest BCUT2D eigenvalue weighted by Crippen LogP contribution is 2.20. The lowest BCUT2D eigenvalue weighted by Gasteiger charge is -2.32. The van der Waals surface area contributed by atoms with Crippen molar-refractivity contribution in [2.75, 3.05) is 24.5 Å². The minimum absolute atomic E-state index is 0.184. The van der Waals surface area contributed by atoms with Crippen LogP contribution in [-0.4, -0.2) is 41.4 Å². The Hall–Kier alpha value is -3.03. The van der Waals surface area contributed by atoms with Gasteiger partial charge in [-0.15, -0.1) is 0 Å². The molecule has 1 saturated heterocycles. The lowest BCUT2D eigenvalue weighted by atomic mass is 9.97. The third-order valence-corrected chi connectivity index (χ3v) is 4.61.